The van der Waals surface area contributed by atoms with Gasteiger partial charge in [-0.15, -0.1) is 0 Å². The number of nitrogens with one attached hydrogen (secondary N) is 1. The first kappa shape index (κ1) is 12.9. The van der Waals surface area contributed by atoms with Crippen LogP contribution in [0.3, 0.4) is 0 Å². The molecular formula is C14H13ClFNO. The number of hydrogen-bond donors (Lipinski definition) is 1. The van der Waals surface area contributed by atoms with E-state index in [0.29, 0.717) is 23.1 Å². The van der Waals surface area contributed by atoms with Crippen LogP contribution in [0.1, 0.15) is 5.56 Å². The first-order valence-corrected chi connectivity index (χ1v) is 5.94. The first-order valence-electron chi connectivity index (χ1n) is 5.56. The molecule has 0 radical (unpaired) electrons. The first-order chi connectivity index (χ1) is 8.70. The van der Waals surface area contributed by atoms with Gasteiger partial charge in [0.25, 0.3) is 0 Å². The summed E-state index contributed by atoms with van der Waals surface area (Å²) in [5.74, 6) is 0.647. The fourth-order valence-electron chi connectivity index (χ4n) is 1.65. The van der Waals surface area contributed by atoms with Gasteiger partial charge < -0.3 is 10.1 Å². The Kier molecular flexibility index (Phi) is 4.18. The predicted octanol–water partition coefficient (Wildman–Crippen LogP) is 3.99. The Morgan fingerprint density at radius 3 is 2.72 bits per heavy atom. The summed E-state index contributed by atoms with van der Waals surface area (Å²) in [6.07, 6.45) is 0. The molecule has 18 heavy (non-hydrogen) atoms. The van der Waals surface area contributed by atoms with E-state index in [1.165, 1.54) is 12.1 Å². The number of para-hydroxylation sites is 1. The third-order valence-electron chi connectivity index (χ3n) is 2.43. The highest BCUT2D eigenvalue weighted by Crippen LogP contribution is 2.33. The van der Waals surface area contributed by atoms with Gasteiger partial charge in [0.1, 0.15) is 17.3 Å². The van der Waals surface area contributed by atoms with E-state index in [1.54, 1.807) is 18.2 Å². The molecule has 2 nitrogen and oxygen atoms in total. The van der Waals surface area contributed by atoms with Crippen molar-refractivity contribution in [3.05, 3.63) is 58.9 Å². The van der Waals surface area contributed by atoms with E-state index in [1.807, 2.05) is 19.2 Å². The monoisotopic (exact) mass is 265 g/mol. The van der Waals surface area contributed by atoms with Crippen LogP contribution in [0.5, 0.6) is 11.5 Å². The van der Waals surface area contributed by atoms with Crippen LogP contribution in [0.4, 0.5) is 4.39 Å². The van der Waals surface area contributed by atoms with E-state index in [-0.39, 0.29) is 5.82 Å². The summed E-state index contributed by atoms with van der Waals surface area (Å²) in [5.41, 5.74) is 0.925. The zero-order chi connectivity index (χ0) is 13.0. The summed E-state index contributed by atoms with van der Waals surface area (Å²) in [5, 5.41) is 3.54. The van der Waals surface area contributed by atoms with Gasteiger partial charge in [-0.2, -0.15) is 0 Å². The highest BCUT2D eigenvalue weighted by atomic mass is 35.5. The highest BCUT2D eigenvalue weighted by molar-refractivity contribution is 6.32. The molecule has 1 N–H and O–H groups in total. The molecule has 0 bridgehead atoms. The lowest BCUT2D eigenvalue weighted by atomic mass is 10.2. The quantitative estimate of drug-likeness (QED) is 0.902. The van der Waals surface area contributed by atoms with Gasteiger partial charge in [-0.3, -0.25) is 0 Å². The molecule has 0 atom stereocenters. The minimum absolute atomic E-state index is 0.338. The van der Waals surface area contributed by atoms with Crippen LogP contribution in [-0.4, -0.2) is 7.05 Å². The topological polar surface area (TPSA) is 21.3 Å². The maximum Gasteiger partial charge on any atom is 0.150 e. The number of hydrogen-bond acceptors (Lipinski definition) is 2. The van der Waals surface area contributed by atoms with Crippen molar-refractivity contribution in [1.29, 1.82) is 0 Å². The van der Waals surface area contributed by atoms with Crippen molar-refractivity contribution in [1.82, 2.24) is 5.32 Å². The SMILES string of the molecule is CNCc1cccc(Cl)c1Oc1cccc(F)c1. The van der Waals surface area contributed by atoms with Crippen molar-refractivity contribution in [3.63, 3.8) is 0 Å². The average molecular weight is 266 g/mol. The maximum atomic E-state index is 13.1. The van der Waals surface area contributed by atoms with E-state index >= 15 is 0 Å². The van der Waals surface area contributed by atoms with Crippen LogP contribution >= 0.6 is 11.6 Å². The van der Waals surface area contributed by atoms with Gasteiger partial charge in [0.2, 0.25) is 0 Å². The highest BCUT2D eigenvalue weighted by Gasteiger charge is 2.09. The fraction of sp³-hybridized carbons (Fsp3) is 0.143. The summed E-state index contributed by atoms with van der Waals surface area (Å²) in [6.45, 7) is 0.630. The summed E-state index contributed by atoms with van der Waals surface area (Å²) >= 11 is 6.11. The molecule has 0 aromatic heterocycles. The van der Waals surface area contributed by atoms with Crippen LogP contribution in [-0.2, 0) is 6.54 Å². The molecule has 0 aliphatic rings. The number of ether oxygens (including phenoxy) is 1. The minimum atomic E-state index is -0.338. The molecule has 2 aromatic carbocycles. The fourth-order valence-corrected chi connectivity index (χ4v) is 1.88. The van der Waals surface area contributed by atoms with E-state index in [4.69, 9.17) is 16.3 Å². The van der Waals surface area contributed by atoms with Crippen molar-refractivity contribution < 1.29 is 9.13 Å². The molecule has 0 saturated carbocycles. The lowest BCUT2D eigenvalue weighted by Gasteiger charge is -2.12. The predicted molar refractivity (Wildman–Crippen MR) is 70.7 cm³/mol. The standard InChI is InChI=1S/C14H13ClFNO/c1-17-9-10-4-2-7-13(15)14(10)18-12-6-3-5-11(16)8-12/h2-8,17H,9H2,1H3. The Morgan fingerprint density at radius 1 is 1.22 bits per heavy atom. The van der Waals surface area contributed by atoms with Gasteiger partial charge >= 0.3 is 0 Å². The molecular weight excluding hydrogens is 253 g/mol. The Balaban J connectivity index is 2.33. The largest absolute Gasteiger partial charge is 0.455 e. The third-order valence-corrected chi connectivity index (χ3v) is 2.73. The molecule has 2 rings (SSSR count). The van der Waals surface area contributed by atoms with Gasteiger partial charge in [0, 0.05) is 18.2 Å². The Bertz CT molecular complexity index is 545. The van der Waals surface area contributed by atoms with Gasteiger partial charge in [0.15, 0.2) is 0 Å². The minimum Gasteiger partial charge on any atom is -0.455 e. The van der Waals surface area contributed by atoms with Gasteiger partial charge in [-0.1, -0.05) is 29.8 Å². The smallest absolute Gasteiger partial charge is 0.150 e. The van der Waals surface area contributed by atoms with Crippen LogP contribution in [0.15, 0.2) is 42.5 Å². The molecule has 0 spiro atoms. The van der Waals surface area contributed by atoms with Crippen molar-refractivity contribution >= 4 is 11.6 Å². The Morgan fingerprint density at radius 2 is 2.00 bits per heavy atom. The van der Waals surface area contributed by atoms with Crippen molar-refractivity contribution in [2.45, 2.75) is 6.54 Å². The van der Waals surface area contributed by atoms with Crippen LogP contribution in [0.25, 0.3) is 0 Å². The van der Waals surface area contributed by atoms with Gasteiger partial charge in [0.05, 0.1) is 5.02 Å². The van der Waals surface area contributed by atoms with E-state index in [9.17, 15) is 4.39 Å². The lowest BCUT2D eigenvalue weighted by molar-refractivity contribution is 0.469. The Hall–Kier alpha value is -1.58. The summed E-state index contributed by atoms with van der Waals surface area (Å²) < 4.78 is 18.8. The molecule has 2 aromatic rings. The van der Waals surface area contributed by atoms with Gasteiger partial charge in [-0.05, 0) is 25.2 Å². The van der Waals surface area contributed by atoms with Gasteiger partial charge in [-0.25, -0.2) is 4.39 Å². The Labute approximate surface area is 110 Å². The molecule has 4 heteroatoms. The third kappa shape index (κ3) is 3.00. The molecule has 0 amide bonds. The second kappa shape index (κ2) is 5.85. The van der Waals surface area contributed by atoms with Crippen LogP contribution in [0, 0.1) is 5.82 Å². The zero-order valence-electron chi connectivity index (χ0n) is 9.91. The van der Waals surface area contributed by atoms with Crippen molar-refractivity contribution in [2.75, 3.05) is 7.05 Å². The van der Waals surface area contributed by atoms with E-state index in [0.717, 1.165) is 5.56 Å². The summed E-state index contributed by atoms with van der Waals surface area (Å²) in [6, 6.07) is 11.5. The van der Waals surface area contributed by atoms with Crippen molar-refractivity contribution in [3.8, 4) is 11.5 Å². The summed E-state index contributed by atoms with van der Waals surface area (Å²) in [7, 11) is 1.84. The second-order valence-corrected chi connectivity index (χ2v) is 4.23. The van der Waals surface area contributed by atoms with Crippen LogP contribution in [0.2, 0.25) is 5.02 Å². The number of benzene rings is 2. The van der Waals surface area contributed by atoms with E-state index in [2.05, 4.69) is 5.32 Å². The molecule has 0 heterocycles. The van der Waals surface area contributed by atoms with E-state index < -0.39 is 0 Å². The summed E-state index contributed by atoms with van der Waals surface area (Å²) in [4.78, 5) is 0. The number of halogens is 2. The molecule has 0 saturated heterocycles. The lowest BCUT2D eigenvalue weighted by Crippen LogP contribution is -2.06. The zero-order valence-corrected chi connectivity index (χ0v) is 10.7. The maximum absolute atomic E-state index is 13.1. The molecule has 0 unspecified atom stereocenters. The van der Waals surface area contributed by atoms with Crippen molar-refractivity contribution in [2.24, 2.45) is 0 Å². The second-order valence-electron chi connectivity index (χ2n) is 3.82. The molecule has 0 fully saturated rings. The number of rotatable bonds is 4. The molecule has 0 aliphatic heterocycles. The normalized spacial score (nSPS) is 10.4. The van der Waals surface area contributed by atoms with Crippen LogP contribution < -0.4 is 10.1 Å². The molecule has 94 valence electrons. The molecule has 0 aliphatic carbocycles. The average Bonchev–Trinajstić information content (AvgIpc) is 2.34.